The van der Waals surface area contributed by atoms with Crippen LogP contribution in [0.5, 0.6) is 0 Å². The van der Waals surface area contributed by atoms with Crippen molar-refractivity contribution in [1.29, 1.82) is 0 Å². The van der Waals surface area contributed by atoms with Crippen molar-refractivity contribution in [3.8, 4) is 0 Å². The van der Waals surface area contributed by atoms with Crippen LogP contribution in [0.2, 0.25) is 0 Å². The molecule has 112 valence electrons. The normalized spacial score (nSPS) is 21.1. The molecule has 0 spiro atoms. The molecule has 0 aliphatic carbocycles. The molecule has 1 heterocycles. The van der Waals surface area contributed by atoms with Crippen molar-refractivity contribution in [1.82, 2.24) is 0 Å². The number of ether oxygens (including phenoxy) is 1. The number of anilines is 1. The predicted molar refractivity (Wildman–Crippen MR) is 83.7 cm³/mol. The van der Waals surface area contributed by atoms with E-state index < -0.39 is 11.7 Å². The van der Waals surface area contributed by atoms with Gasteiger partial charge in [-0.05, 0) is 31.0 Å². The standard InChI is InChI=1S/C18H17NO3/c1-13-8-6-7-11-15(13)19-16(20)18(2,22-17(19)21)12-14-9-4-3-5-10-14/h3-11H,12H2,1-2H3/t18-/m1/s1. The highest BCUT2D eigenvalue weighted by molar-refractivity contribution is 6.20. The van der Waals surface area contributed by atoms with Gasteiger partial charge in [0.25, 0.3) is 5.91 Å². The quantitative estimate of drug-likeness (QED) is 0.871. The third kappa shape index (κ3) is 2.37. The van der Waals surface area contributed by atoms with Crippen LogP contribution in [0, 0.1) is 6.92 Å². The van der Waals surface area contributed by atoms with E-state index in [1.54, 1.807) is 19.1 Å². The molecule has 4 heteroatoms. The maximum Gasteiger partial charge on any atom is 0.422 e. The van der Waals surface area contributed by atoms with Crippen LogP contribution in [0.3, 0.4) is 0 Å². The van der Waals surface area contributed by atoms with E-state index in [1.165, 1.54) is 0 Å². The molecule has 0 aromatic heterocycles. The topological polar surface area (TPSA) is 46.6 Å². The molecule has 4 nitrogen and oxygen atoms in total. The van der Waals surface area contributed by atoms with E-state index in [1.807, 2.05) is 49.4 Å². The number of cyclic esters (lactones) is 1. The van der Waals surface area contributed by atoms with E-state index in [-0.39, 0.29) is 5.91 Å². The molecule has 2 aromatic carbocycles. The fourth-order valence-electron chi connectivity index (χ4n) is 2.72. The number of carbonyl (C=O) groups is 2. The van der Waals surface area contributed by atoms with Crippen molar-refractivity contribution in [3.05, 3.63) is 65.7 Å². The molecule has 0 bridgehead atoms. The zero-order valence-electron chi connectivity index (χ0n) is 12.6. The zero-order valence-corrected chi connectivity index (χ0v) is 12.6. The first kappa shape index (κ1) is 14.3. The molecule has 1 saturated heterocycles. The summed E-state index contributed by atoms with van der Waals surface area (Å²) in [5.41, 5.74) is 1.23. The van der Waals surface area contributed by atoms with Gasteiger partial charge in [-0.1, -0.05) is 48.5 Å². The van der Waals surface area contributed by atoms with Gasteiger partial charge in [0.2, 0.25) is 0 Å². The second-order valence-electron chi connectivity index (χ2n) is 5.69. The summed E-state index contributed by atoms with van der Waals surface area (Å²) in [5, 5.41) is 0. The predicted octanol–water partition coefficient (Wildman–Crippen LogP) is 3.48. The van der Waals surface area contributed by atoms with Crippen molar-refractivity contribution in [3.63, 3.8) is 0 Å². The summed E-state index contributed by atoms with van der Waals surface area (Å²) in [6.07, 6.45) is -0.251. The maximum absolute atomic E-state index is 12.8. The van der Waals surface area contributed by atoms with Gasteiger partial charge in [-0.3, -0.25) is 4.79 Å². The number of hydrogen-bond donors (Lipinski definition) is 0. The minimum atomic E-state index is -1.17. The lowest BCUT2D eigenvalue weighted by Crippen LogP contribution is -2.40. The number of amides is 2. The van der Waals surface area contributed by atoms with Crippen LogP contribution in [-0.4, -0.2) is 17.6 Å². The molecule has 1 aliphatic heterocycles. The second-order valence-corrected chi connectivity index (χ2v) is 5.69. The molecule has 2 amide bonds. The molecule has 2 aromatic rings. The fourth-order valence-corrected chi connectivity index (χ4v) is 2.72. The van der Waals surface area contributed by atoms with Crippen molar-refractivity contribution in [2.45, 2.75) is 25.9 Å². The first-order valence-corrected chi connectivity index (χ1v) is 7.18. The van der Waals surface area contributed by atoms with E-state index in [4.69, 9.17) is 4.74 Å². The van der Waals surface area contributed by atoms with Crippen LogP contribution in [0.25, 0.3) is 0 Å². The van der Waals surface area contributed by atoms with Crippen molar-refractivity contribution < 1.29 is 14.3 Å². The summed E-state index contributed by atoms with van der Waals surface area (Å²) in [6, 6.07) is 16.8. The second kappa shape index (κ2) is 5.30. The fraction of sp³-hybridized carbons (Fsp3) is 0.222. The van der Waals surface area contributed by atoms with E-state index in [0.29, 0.717) is 12.1 Å². The molecule has 1 fully saturated rings. The lowest BCUT2D eigenvalue weighted by atomic mass is 9.95. The molecule has 1 aliphatic rings. The Hall–Kier alpha value is -2.62. The molecule has 0 saturated carbocycles. The van der Waals surface area contributed by atoms with Crippen LogP contribution in [0.1, 0.15) is 18.1 Å². The summed E-state index contributed by atoms with van der Waals surface area (Å²) in [6.45, 7) is 3.53. The lowest BCUT2D eigenvalue weighted by molar-refractivity contribution is -0.128. The summed E-state index contributed by atoms with van der Waals surface area (Å²) >= 11 is 0. The molecule has 0 N–H and O–H groups in total. The van der Waals surface area contributed by atoms with Gasteiger partial charge in [-0.15, -0.1) is 0 Å². The van der Waals surface area contributed by atoms with Gasteiger partial charge in [0.05, 0.1) is 5.69 Å². The van der Waals surface area contributed by atoms with Crippen LogP contribution >= 0.6 is 0 Å². The number of carbonyl (C=O) groups excluding carboxylic acids is 2. The zero-order chi connectivity index (χ0) is 15.7. The molecule has 1 atom stereocenters. The van der Waals surface area contributed by atoms with Crippen LogP contribution in [0.4, 0.5) is 10.5 Å². The molecular formula is C18H17NO3. The van der Waals surface area contributed by atoms with Gasteiger partial charge < -0.3 is 4.74 Å². The van der Waals surface area contributed by atoms with Gasteiger partial charge in [-0.25, -0.2) is 9.69 Å². The van der Waals surface area contributed by atoms with Crippen molar-refractivity contribution >= 4 is 17.7 Å². The Labute approximate surface area is 129 Å². The van der Waals surface area contributed by atoms with Crippen LogP contribution < -0.4 is 4.90 Å². The number of aryl methyl sites for hydroxylation is 1. The summed E-state index contributed by atoms with van der Waals surface area (Å²) in [5.74, 6) is -0.323. The number of benzene rings is 2. The Morgan fingerprint density at radius 2 is 1.64 bits per heavy atom. The van der Waals surface area contributed by atoms with E-state index in [9.17, 15) is 9.59 Å². The summed E-state index contributed by atoms with van der Waals surface area (Å²) in [4.78, 5) is 26.1. The van der Waals surface area contributed by atoms with Gasteiger partial charge in [0, 0.05) is 6.42 Å². The maximum atomic E-state index is 12.8. The first-order chi connectivity index (χ1) is 10.5. The van der Waals surface area contributed by atoms with E-state index in [2.05, 4.69) is 0 Å². The Morgan fingerprint density at radius 3 is 2.32 bits per heavy atom. The third-order valence-electron chi connectivity index (χ3n) is 3.89. The number of rotatable bonds is 3. The molecule has 22 heavy (non-hydrogen) atoms. The minimum Gasteiger partial charge on any atom is -0.432 e. The Kier molecular flexibility index (Phi) is 3.45. The number of imide groups is 1. The van der Waals surface area contributed by atoms with Crippen LogP contribution in [-0.2, 0) is 16.0 Å². The number of nitrogens with zero attached hydrogens (tertiary/aromatic N) is 1. The lowest BCUT2D eigenvalue weighted by Gasteiger charge is -2.20. The number of para-hydroxylation sites is 1. The van der Waals surface area contributed by atoms with E-state index in [0.717, 1.165) is 16.0 Å². The monoisotopic (exact) mass is 295 g/mol. The number of hydrogen-bond acceptors (Lipinski definition) is 3. The highest BCUT2D eigenvalue weighted by Crippen LogP contribution is 2.33. The highest BCUT2D eigenvalue weighted by Gasteiger charge is 2.51. The minimum absolute atomic E-state index is 0.323. The third-order valence-corrected chi connectivity index (χ3v) is 3.89. The van der Waals surface area contributed by atoms with Gasteiger partial charge in [0.15, 0.2) is 5.60 Å². The summed E-state index contributed by atoms with van der Waals surface area (Å²) in [7, 11) is 0. The highest BCUT2D eigenvalue weighted by atomic mass is 16.6. The van der Waals surface area contributed by atoms with Gasteiger partial charge in [-0.2, -0.15) is 0 Å². The average Bonchev–Trinajstić information content (AvgIpc) is 2.71. The smallest absolute Gasteiger partial charge is 0.422 e. The molecule has 3 rings (SSSR count). The van der Waals surface area contributed by atoms with Gasteiger partial charge in [0.1, 0.15) is 0 Å². The first-order valence-electron chi connectivity index (χ1n) is 7.18. The van der Waals surface area contributed by atoms with E-state index >= 15 is 0 Å². The average molecular weight is 295 g/mol. The molecule has 0 unspecified atom stereocenters. The SMILES string of the molecule is Cc1ccccc1N1C(=O)O[C@](C)(Cc2ccccc2)C1=O. The summed E-state index contributed by atoms with van der Waals surface area (Å²) < 4.78 is 5.42. The van der Waals surface area contributed by atoms with Gasteiger partial charge >= 0.3 is 6.09 Å². The van der Waals surface area contributed by atoms with Crippen molar-refractivity contribution in [2.75, 3.05) is 4.90 Å². The van der Waals surface area contributed by atoms with Crippen molar-refractivity contribution in [2.24, 2.45) is 0 Å². The molecular weight excluding hydrogens is 278 g/mol. The van der Waals surface area contributed by atoms with Crippen LogP contribution in [0.15, 0.2) is 54.6 Å². The Balaban J connectivity index is 1.93. The molecule has 0 radical (unpaired) electrons. The Bertz CT molecular complexity index is 726. The largest absolute Gasteiger partial charge is 0.432 e. The Morgan fingerprint density at radius 1 is 1.00 bits per heavy atom.